The van der Waals surface area contributed by atoms with Crippen molar-refractivity contribution in [3.05, 3.63) is 83.7 Å². The molecule has 366 valence electrons. The van der Waals surface area contributed by atoms with Crippen LogP contribution >= 0.6 is 11.8 Å². The molecule has 20 nitrogen and oxygen atoms in total. The fraction of sp³-hybridized carbons (Fsp3) is 0.455. The number of carbonyl (C=O) groups excluding carboxylic acids is 5. The lowest BCUT2D eigenvalue weighted by atomic mass is 9.82. The number of nitrogens with zero attached hydrogens (tertiary/aromatic N) is 3. The highest BCUT2D eigenvalue weighted by molar-refractivity contribution is 8.00. The third-order valence-corrected chi connectivity index (χ3v) is 11.8. The normalized spacial score (nSPS) is 13.6. The lowest BCUT2D eigenvalue weighted by Gasteiger charge is -2.41. The Morgan fingerprint density at radius 3 is 2.07 bits per heavy atom. The lowest BCUT2D eigenvalue weighted by Crippen LogP contribution is -2.54. The largest absolute Gasteiger partial charge is 0.481 e. The minimum absolute atomic E-state index is 0.0208. The van der Waals surface area contributed by atoms with E-state index in [1.165, 1.54) is 4.90 Å². The standard InChI is InChI=1S/C44H58F2N8O12S/c1-44(2,3)39(33-17-26(28-18-27(45)9-10-29(28)46)22-52(33)21-25-7-5-4-6-8-25)54(36(57)23-55)15-13-30(47)41(63)50-14-16-53(32(40(49)62)11-12-37(58)59)35(56)20-51-42(64)34(19-38(60)61)67-24-31(48)43(65)66/h4-10,17-18,22,30-32,34,39,55H,11-16,19-21,23-24,47-48H2,1-3H3,(H2,49,62)(H,50,63)(H,51,64)(H,58,59)(H,60,61)(H,65,66)/t30-,31-,32+,34?,39-/m0/s1. The summed E-state index contributed by atoms with van der Waals surface area (Å²) in [7, 11) is 0. The van der Waals surface area contributed by atoms with Crippen LogP contribution in [0.2, 0.25) is 0 Å². The Morgan fingerprint density at radius 2 is 1.49 bits per heavy atom. The number of nitrogens with two attached hydrogens (primary N) is 3. The third-order valence-electron chi connectivity index (χ3n) is 10.4. The number of carboxylic acid groups (broad SMARTS) is 3. The highest BCUT2D eigenvalue weighted by Gasteiger charge is 2.38. The van der Waals surface area contributed by atoms with E-state index in [0.29, 0.717) is 23.0 Å². The molecule has 0 bridgehead atoms. The molecule has 0 aliphatic heterocycles. The zero-order valence-electron chi connectivity index (χ0n) is 37.2. The SMILES string of the molecule is CC(C)(C)[C@H](c1cc(-c2cc(F)ccc2F)cn1Cc1ccccc1)N(CC[C@H](N)C(=O)NCCN(C(=O)CNC(=O)C(CC(=O)O)SC[C@H](N)C(=O)O)[C@H](CCC(=O)O)C(N)=O)C(=O)CO. The van der Waals surface area contributed by atoms with Gasteiger partial charge < -0.3 is 62.6 Å². The van der Waals surface area contributed by atoms with Crippen molar-refractivity contribution in [3.63, 3.8) is 0 Å². The molecular formula is C44H58F2N8O12S. The molecule has 67 heavy (non-hydrogen) atoms. The maximum Gasteiger partial charge on any atom is 0.321 e. The Bertz CT molecular complexity index is 2240. The highest BCUT2D eigenvalue weighted by Crippen LogP contribution is 2.41. The van der Waals surface area contributed by atoms with Crippen LogP contribution in [0.25, 0.3) is 11.1 Å². The Hall–Kier alpha value is -6.43. The Kier molecular flexibility index (Phi) is 20.9. The summed E-state index contributed by atoms with van der Waals surface area (Å²) in [6.45, 7) is 2.96. The Balaban J connectivity index is 1.84. The van der Waals surface area contributed by atoms with E-state index in [0.717, 1.165) is 28.7 Å². The number of halogens is 2. The average molecular weight is 961 g/mol. The van der Waals surface area contributed by atoms with Crippen molar-refractivity contribution in [1.29, 1.82) is 0 Å². The molecule has 12 N–H and O–H groups in total. The number of primary amides is 1. The van der Waals surface area contributed by atoms with Gasteiger partial charge in [-0.15, -0.1) is 11.8 Å². The van der Waals surface area contributed by atoms with E-state index >= 15 is 4.39 Å². The third kappa shape index (κ3) is 16.7. The molecule has 1 heterocycles. The Labute approximate surface area is 389 Å². The quantitative estimate of drug-likeness (QED) is 0.0512. The van der Waals surface area contributed by atoms with Crippen molar-refractivity contribution in [2.24, 2.45) is 22.6 Å². The first-order chi connectivity index (χ1) is 31.4. The van der Waals surface area contributed by atoms with Crippen LogP contribution in [-0.4, -0.2) is 144 Å². The Morgan fingerprint density at radius 1 is 0.821 bits per heavy atom. The molecule has 5 amide bonds. The molecular weight excluding hydrogens is 903 g/mol. The van der Waals surface area contributed by atoms with Crippen LogP contribution in [0.4, 0.5) is 8.78 Å². The first-order valence-electron chi connectivity index (χ1n) is 21.0. The second kappa shape index (κ2) is 25.5. The molecule has 0 aliphatic rings. The predicted molar refractivity (Wildman–Crippen MR) is 241 cm³/mol. The summed E-state index contributed by atoms with van der Waals surface area (Å²) in [6, 6.07) is 8.81. The number of aliphatic hydroxyl groups excluding tert-OH is 1. The van der Waals surface area contributed by atoms with Gasteiger partial charge in [-0.1, -0.05) is 51.1 Å². The maximum absolute atomic E-state index is 15.1. The van der Waals surface area contributed by atoms with Crippen molar-refractivity contribution < 1.29 is 67.6 Å². The number of hydrogen-bond donors (Lipinski definition) is 9. The van der Waals surface area contributed by atoms with E-state index in [1.54, 1.807) is 16.8 Å². The molecule has 0 spiro atoms. The van der Waals surface area contributed by atoms with E-state index in [-0.39, 0.29) is 37.4 Å². The van der Waals surface area contributed by atoms with E-state index in [9.17, 15) is 58.1 Å². The fourth-order valence-corrected chi connectivity index (χ4v) is 8.24. The van der Waals surface area contributed by atoms with Gasteiger partial charge >= 0.3 is 17.9 Å². The summed E-state index contributed by atoms with van der Waals surface area (Å²) in [5, 5.41) is 41.2. The minimum Gasteiger partial charge on any atom is -0.481 e. The molecule has 1 unspecified atom stereocenters. The molecule has 0 aliphatic carbocycles. The van der Waals surface area contributed by atoms with Gasteiger partial charge in [0.1, 0.15) is 30.3 Å². The van der Waals surface area contributed by atoms with Crippen molar-refractivity contribution >= 4 is 59.2 Å². The molecule has 0 radical (unpaired) electrons. The zero-order chi connectivity index (χ0) is 50.2. The predicted octanol–water partition coefficient (Wildman–Crippen LogP) is 0.875. The molecule has 3 aromatic rings. The second-order valence-electron chi connectivity index (χ2n) is 16.6. The lowest BCUT2D eigenvalue weighted by molar-refractivity contribution is -0.142. The zero-order valence-corrected chi connectivity index (χ0v) is 38.0. The number of rotatable bonds is 27. The summed E-state index contributed by atoms with van der Waals surface area (Å²) in [4.78, 5) is 102. The van der Waals surface area contributed by atoms with Crippen LogP contribution in [0.1, 0.15) is 63.8 Å². The van der Waals surface area contributed by atoms with Crippen molar-refractivity contribution in [3.8, 4) is 11.1 Å². The van der Waals surface area contributed by atoms with Crippen molar-refractivity contribution in [2.75, 3.05) is 38.5 Å². The van der Waals surface area contributed by atoms with Gasteiger partial charge in [-0.25, -0.2) is 8.78 Å². The van der Waals surface area contributed by atoms with Gasteiger partial charge in [0.2, 0.25) is 29.5 Å². The first kappa shape index (κ1) is 54.9. The summed E-state index contributed by atoms with van der Waals surface area (Å²) >= 11 is 0.627. The molecule has 0 saturated heterocycles. The number of aliphatic carboxylic acids is 3. The molecule has 3 rings (SSSR count). The fourth-order valence-electron chi connectivity index (χ4n) is 7.16. The number of thioether (sulfide) groups is 1. The maximum atomic E-state index is 15.1. The van der Waals surface area contributed by atoms with Crippen LogP contribution in [0.15, 0.2) is 60.8 Å². The highest BCUT2D eigenvalue weighted by atomic mass is 32.2. The summed E-state index contributed by atoms with van der Waals surface area (Å²) in [6.07, 6.45) is -0.374. The number of amides is 5. The number of carbonyl (C=O) groups is 8. The van der Waals surface area contributed by atoms with Crippen LogP contribution in [-0.2, 0) is 44.9 Å². The van der Waals surface area contributed by atoms with Crippen LogP contribution in [0.3, 0.4) is 0 Å². The number of benzene rings is 2. The van der Waals surface area contributed by atoms with Gasteiger partial charge in [0.15, 0.2) is 0 Å². The molecule has 1 aromatic heterocycles. The number of hydrogen-bond acceptors (Lipinski definition) is 12. The van der Waals surface area contributed by atoms with Gasteiger partial charge in [-0.05, 0) is 48.1 Å². The summed E-state index contributed by atoms with van der Waals surface area (Å²) in [5.74, 6) is -10.4. The smallest absolute Gasteiger partial charge is 0.321 e. The monoisotopic (exact) mass is 960 g/mol. The number of aromatic nitrogens is 1. The van der Waals surface area contributed by atoms with E-state index in [1.807, 2.05) is 51.1 Å². The van der Waals surface area contributed by atoms with Crippen LogP contribution in [0.5, 0.6) is 0 Å². The molecule has 2 aromatic carbocycles. The van der Waals surface area contributed by atoms with Gasteiger partial charge in [-0.2, -0.15) is 0 Å². The first-order valence-corrected chi connectivity index (χ1v) is 22.0. The van der Waals surface area contributed by atoms with Crippen molar-refractivity contribution in [2.45, 2.75) is 82.4 Å². The molecule has 0 fully saturated rings. The van der Waals surface area contributed by atoms with Crippen LogP contribution < -0.4 is 27.8 Å². The van der Waals surface area contributed by atoms with Gasteiger partial charge in [0.05, 0.1) is 30.3 Å². The van der Waals surface area contributed by atoms with Gasteiger partial charge in [0.25, 0.3) is 0 Å². The topological polar surface area (TPSA) is 331 Å². The molecule has 5 atom stereocenters. The molecule has 23 heteroatoms. The average Bonchev–Trinajstić information content (AvgIpc) is 3.66. The van der Waals surface area contributed by atoms with E-state index in [2.05, 4.69) is 10.6 Å². The summed E-state index contributed by atoms with van der Waals surface area (Å²) < 4.78 is 31.4. The van der Waals surface area contributed by atoms with Gasteiger partial charge in [0, 0.05) is 61.4 Å². The number of aliphatic hydroxyl groups is 1. The minimum atomic E-state index is -1.55. The second-order valence-corrected chi connectivity index (χ2v) is 17.8. The van der Waals surface area contributed by atoms with E-state index in [4.69, 9.17) is 22.3 Å². The van der Waals surface area contributed by atoms with Gasteiger partial charge in [-0.3, -0.25) is 38.4 Å². The number of carboxylic acids is 3. The number of nitrogens with one attached hydrogen (secondary N) is 2. The van der Waals surface area contributed by atoms with Crippen LogP contribution in [0, 0.1) is 17.0 Å². The summed E-state index contributed by atoms with van der Waals surface area (Å²) in [5.41, 5.74) is 18.2. The van der Waals surface area contributed by atoms with Crippen molar-refractivity contribution in [1.82, 2.24) is 25.0 Å². The van der Waals surface area contributed by atoms with E-state index < -0.39 is 133 Å². The molecule has 0 saturated carbocycles.